The first kappa shape index (κ1) is 32.5. The van der Waals surface area contributed by atoms with Crippen LogP contribution in [0.25, 0.3) is 0 Å². The minimum absolute atomic E-state index is 0.0285. The van der Waals surface area contributed by atoms with Crippen LogP contribution in [0.4, 0.5) is 0 Å². The molecule has 2 aliphatic heterocycles. The van der Waals surface area contributed by atoms with Crippen LogP contribution in [0.1, 0.15) is 58.4 Å². The maximum atomic E-state index is 13.9. The number of aliphatic hydroxyl groups excluding tert-OH is 1. The number of hydrogen-bond acceptors (Lipinski definition) is 8. The Morgan fingerprint density at radius 2 is 1.80 bits per heavy atom. The van der Waals surface area contributed by atoms with Gasteiger partial charge in [-0.2, -0.15) is 4.31 Å². The highest BCUT2D eigenvalue weighted by Crippen LogP contribution is 2.39. The maximum absolute atomic E-state index is 13.9. The summed E-state index contributed by atoms with van der Waals surface area (Å²) in [5, 5.41) is 14.6. The lowest BCUT2D eigenvalue weighted by atomic mass is 9.72. The van der Waals surface area contributed by atoms with Crippen LogP contribution in [0.3, 0.4) is 0 Å². The van der Waals surface area contributed by atoms with Gasteiger partial charge in [-0.25, -0.2) is 8.42 Å². The summed E-state index contributed by atoms with van der Waals surface area (Å²) in [6, 6.07) is 11.5. The second-order valence-electron chi connectivity index (χ2n) is 13.4. The van der Waals surface area contributed by atoms with Crippen LogP contribution in [0.2, 0.25) is 0 Å². The number of sulfonamides is 1. The summed E-state index contributed by atoms with van der Waals surface area (Å²) in [6.45, 7) is 7.07. The molecule has 1 amide bonds. The summed E-state index contributed by atoms with van der Waals surface area (Å²) in [5.74, 6) is 2.82. The van der Waals surface area contributed by atoms with E-state index in [1.807, 2.05) is 39.0 Å². The molecule has 0 bridgehead atoms. The van der Waals surface area contributed by atoms with Crippen LogP contribution in [-0.4, -0.2) is 86.4 Å². The van der Waals surface area contributed by atoms with Crippen molar-refractivity contribution in [2.75, 3.05) is 40.1 Å². The Balaban J connectivity index is 1.34. The van der Waals surface area contributed by atoms with Crippen LogP contribution in [-0.2, 0) is 21.2 Å². The lowest BCUT2D eigenvalue weighted by Crippen LogP contribution is -2.59. The Bertz CT molecular complexity index is 1390. The number of carbonyl (C=O) groups is 1. The molecule has 4 atom stereocenters. The van der Waals surface area contributed by atoms with E-state index >= 15 is 0 Å². The highest BCUT2D eigenvalue weighted by Gasteiger charge is 2.41. The number of rotatable bonds is 11. The molecule has 242 valence electrons. The zero-order valence-electron chi connectivity index (χ0n) is 26.3. The van der Waals surface area contributed by atoms with Crippen molar-refractivity contribution in [2.45, 2.75) is 81.9 Å². The van der Waals surface area contributed by atoms with Gasteiger partial charge in [0, 0.05) is 31.7 Å². The molecule has 0 aromatic heterocycles. The summed E-state index contributed by atoms with van der Waals surface area (Å²) < 4.78 is 45.4. The van der Waals surface area contributed by atoms with Crippen LogP contribution < -0.4 is 19.5 Å². The minimum Gasteiger partial charge on any atom is -0.497 e. The zero-order chi connectivity index (χ0) is 31.5. The number of carbonyl (C=O) groups excluding carboxylic acids is 1. The van der Waals surface area contributed by atoms with Gasteiger partial charge in [-0.15, -0.1) is 0 Å². The largest absolute Gasteiger partial charge is 0.497 e. The molecule has 0 spiro atoms. The highest BCUT2D eigenvalue weighted by atomic mass is 32.2. The third-order valence-electron chi connectivity index (χ3n) is 8.95. The molecule has 1 saturated carbocycles. The summed E-state index contributed by atoms with van der Waals surface area (Å²) in [5.41, 5.74) is 0.528. The number of nitrogens with zero attached hydrogens (tertiary/aromatic N) is 2. The number of fused-ring (bicyclic) bond motifs is 2. The summed E-state index contributed by atoms with van der Waals surface area (Å²) in [6.07, 6.45) is 4.82. The fraction of sp³-hybridized carbons (Fsp3) is 0.606. The quantitative estimate of drug-likeness (QED) is 0.386. The van der Waals surface area contributed by atoms with E-state index in [9.17, 15) is 18.3 Å². The van der Waals surface area contributed by atoms with Crippen molar-refractivity contribution in [1.82, 2.24) is 14.5 Å². The van der Waals surface area contributed by atoms with Gasteiger partial charge in [-0.3, -0.25) is 9.69 Å². The van der Waals surface area contributed by atoms with Gasteiger partial charge in [-0.1, -0.05) is 25.3 Å². The number of piperidine rings is 1. The summed E-state index contributed by atoms with van der Waals surface area (Å²) in [4.78, 5) is 15.7. The zero-order valence-corrected chi connectivity index (χ0v) is 27.1. The number of amides is 1. The molecule has 0 unspecified atom stereocenters. The van der Waals surface area contributed by atoms with E-state index in [-0.39, 0.29) is 48.8 Å². The second kappa shape index (κ2) is 13.6. The van der Waals surface area contributed by atoms with E-state index in [0.717, 1.165) is 31.4 Å². The topological polar surface area (TPSA) is 118 Å². The number of β-amino-alcohol motifs (C(OH)–C–C–N with tert-alkyl or cyclic N) is 1. The predicted molar refractivity (Wildman–Crippen MR) is 167 cm³/mol. The number of benzene rings is 2. The average Bonchev–Trinajstić information content (AvgIpc) is 3.46. The number of likely N-dealkylation sites (tertiary alicyclic amines) is 1. The molecule has 10 nitrogen and oxygen atoms in total. The number of methoxy groups -OCH3 is 1. The first-order chi connectivity index (χ1) is 20.9. The van der Waals surface area contributed by atoms with Crippen molar-refractivity contribution < 1.29 is 32.5 Å². The lowest BCUT2D eigenvalue weighted by Gasteiger charge is -2.46. The molecule has 11 heteroatoms. The Labute approximate surface area is 261 Å². The van der Waals surface area contributed by atoms with Gasteiger partial charge in [0.2, 0.25) is 22.7 Å². The number of aliphatic hydroxyl groups is 1. The van der Waals surface area contributed by atoms with Gasteiger partial charge in [0.25, 0.3) is 0 Å². The third-order valence-corrected chi connectivity index (χ3v) is 10.8. The molecule has 44 heavy (non-hydrogen) atoms. The molecule has 3 aliphatic rings. The Hall–Kier alpha value is -2.86. The van der Waals surface area contributed by atoms with E-state index in [0.29, 0.717) is 35.5 Å². The van der Waals surface area contributed by atoms with Gasteiger partial charge in [0.05, 0.1) is 24.2 Å². The lowest BCUT2D eigenvalue weighted by molar-refractivity contribution is -0.132. The minimum atomic E-state index is -3.95. The monoisotopic (exact) mass is 629 g/mol. The van der Waals surface area contributed by atoms with Crippen molar-refractivity contribution >= 4 is 15.9 Å². The fourth-order valence-corrected chi connectivity index (χ4v) is 8.23. The first-order valence-electron chi connectivity index (χ1n) is 15.7. The van der Waals surface area contributed by atoms with Crippen LogP contribution in [0.5, 0.6) is 17.2 Å². The maximum Gasteiger partial charge on any atom is 0.243 e. The van der Waals surface area contributed by atoms with Crippen LogP contribution >= 0.6 is 0 Å². The van der Waals surface area contributed by atoms with Crippen LogP contribution in [0.15, 0.2) is 47.4 Å². The molecule has 2 aromatic carbocycles. The normalized spacial score (nSPS) is 22.8. The van der Waals surface area contributed by atoms with Gasteiger partial charge < -0.3 is 24.6 Å². The molecule has 2 fully saturated rings. The van der Waals surface area contributed by atoms with Crippen molar-refractivity contribution in [3.8, 4) is 17.2 Å². The van der Waals surface area contributed by atoms with Crippen LogP contribution in [0, 0.1) is 11.8 Å². The van der Waals surface area contributed by atoms with Crippen molar-refractivity contribution in [1.29, 1.82) is 0 Å². The number of hydrogen-bond donors (Lipinski definition) is 2. The van der Waals surface area contributed by atoms with Gasteiger partial charge >= 0.3 is 0 Å². The Morgan fingerprint density at radius 3 is 2.50 bits per heavy atom. The molecule has 0 radical (unpaired) electrons. The van der Waals surface area contributed by atoms with E-state index in [2.05, 4.69) is 10.2 Å². The molecule has 1 saturated heterocycles. The fourth-order valence-electron chi connectivity index (χ4n) is 6.75. The molecule has 5 rings (SSSR count). The highest BCUT2D eigenvalue weighted by molar-refractivity contribution is 7.89. The van der Waals surface area contributed by atoms with E-state index in [1.54, 1.807) is 12.1 Å². The van der Waals surface area contributed by atoms with Gasteiger partial charge in [0.1, 0.15) is 5.75 Å². The van der Waals surface area contributed by atoms with Crippen molar-refractivity contribution in [2.24, 2.45) is 11.8 Å². The Kier molecular flexibility index (Phi) is 10.1. The second-order valence-corrected chi connectivity index (χ2v) is 15.3. The average molecular weight is 630 g/mol. The number of ether oxygens (including phenoxy) is 3. The van der Waals surface area contributed by atoms with E-state index < -0.39 is 16.1 Å². The SMILES string of the molecule is COc1ccc(S(=O)(=O)N(CCc2ccc3c(c2)OCO3)C[C@H](O)CN2C[C@H]3CCCC[C@H]3C[C@H]2C(=O)NC(C)(C)C)cc1. The Morgan fingerprint density at radius 1 is 1.09 bits per heavy atom. The van der Waals surface area contributed by atoms with E-state index in [1.165, 1.54) is 36.4 Å². The molecule has 2 N–H and O–H groups in total. The smallest absolute Gasteiger partial charge is 0.243 e. The van der Waals surface area contributed by atoms with Crippen molar-refractivity contribution in [3.63, 3.8) is 0 Å². The third kappa shape index (κ3) is 7.85. The predicted octanol–water partition coefficient (Wildman–Crippen LogP) is 3.81. The molecule has 1 aliphatic carbocycles. The first-order valence-corrected chi connectivity index (χ1v) is 17.1. The van der Waals surface area contributed by atoms with Gasteiger partial charge in [0.15, 0.2) is 11.5 Å². The number of nitrogens with one attached hydrogen (secondary N) is 1. The van der Waals surface area contributed by atoms with E-state index in [4.69, 9.17) is 14.2 Å². The summed E-state index contributed by atoms with van der Waals surface area (Å²) in [7, 11) is -2.42. The molecule has 2 heterocycles. The molecule has 2 aromatic rings. The molecular formula is C33H47N3O7S. The van der Waals surface area contributed by atoms with Gasteiger partial charge in [-0.05, 0) is 93.8 Å². The molecular weight excluding hydrogens is 582 g/mol. The standard InChI is InChI=1S/C33H47N3O7S/c1-33(2,3)34-32(38)29-18-24-7-5-6-8-25(24)19-35(29)20-26(37)21-36(44(39,40)28-12-10-27(41-4)11-13-28)16-15-23-9-14-30-31(17-23)43-22-42-30/h9-14,17,24-26,29,37H,5-8,15-16,18-22H2,1-4H3,(H,34,38)/t24-,25+,26+,29-/m0/s1. The van der Waals surface area contributed by atoms with Crippen molar-refractivity contribution in [3.05, 3.63) is 48.0 Å². The summed E-state index contributed by atoms with van der Waals surface area (Å²) >= 11 is 0.